The third kappa shape index (κ3) is 5.81. The Morgan fingerprint density at radius 3 is 2.46 bits per heavy atom. The van der Waals surface area contributed by atoms with E-state index in [9.17, 15) is 17.6 Å². The van der Waals surface area contributed by atoms with Crippen molar-refractivity contribution in [1.29, 1.82) is 0 Å². The number of nitrogens with zero attached hydrogens (tertiary/aromatic N) is 2. The lowest BCUT2D eigenvalue weighted by Crippen LogP contribution is -2.48. The standard InChI is InChI=1S/C27H29FN2O5S2/c1-34-21-8-10-23(11-9-21)37(32,33)29(16-19-2-3-19)17-27(31)30-14-12-26-24(13-15-36-26)25(30)18-35-22-6-4-20(28)5-7-22/h4-11,13,15,19,25H,2-3,12,14,16-18H2,1H3/t25-/m0/s1. The highest BCUT2D eigenvalue weighted by molar-refractivity contribution is 7.89. The van der Waals surface area contributed by atoms with Crippen LogP contribution in [-0.2, 0) is 21.2 Å². The van der Waals surface area contributed by atoms with E-state index in [4.69, 9.17) is 9.47 Å². The molecule has 0 saturated heterocycles. The molecule has 1 saturated carbocycles. The summed E-state index contributed by atoms with van der Waals surface area (Å²) in [6.07, 6.45) is 2.62. The molecule has 5 rings (SSSR count). The van der Waals surface area contributed by atoms with Crippen LogP contribution < -0.4 is 9.47 Å². The van der Waals surface area contributed by atoms with E-state index in [0.29, 0.717) is 31.0 Å². The van der Waals surface area contributed by atoms with Crippen LogP contribution in [0, 0.1) is 11.7 Å². The number of methoxy groups -OCH3 is 1. The highest BCUT2D eigenvalue weighted by atomic mass is 32.2. The average molecular weight is 545 g/mol. The molecule has 1 atom stereocenters. The Morgan fingerprint density at radius 2 is 1.78 bits per heavy atom. The monoisotopic (exact) mass is 544 g/mol. The molecule has 1 aliphatic carbocycles. The topological polar surface area (TPSA) is 76.2 Å². The predicted octanol–water partition coefficient (Wildman–Crippen LogP) is 4.50. The molecule has 1 aliphatic heterocycles. The van der Waals surface area contributed by atoms with Crippen molar-refractivity contribution in [2.45, 2.75) is 30.2 Å². The molecule has 0 radical (unpaired) electrons. The van der Waals surface area contributed by atoms with Gasteiger partial charge in [-0.2, -0.15) is 4.31 Å². The molecule has 0 bridgehead atoms. The van der Waals surface area contributed by atoms with Crippen molar-refractivity contribution in [3.05, 3.63) is 76.2 Å². The van der Waals surface area contributed by atoms with Crippen LogP contribution in [0.3, 0.4) is 0 Å². The molecule has 3 aromatic rings. The Labute approximate surface area is 220 Å². The third-order valence-corrected chi connectivity index (χ3v) is 9.63. The van der Waals surface area contributed by atoms with Crippen molar-refractivity contribution in [3.63, 3.8) is 0 Å². The average Bonchev–Trinajstić information content (AvgIpc) is 3.60. The molecule has 2 heterocycles. The molecule has 37 heavy (non-hydrogen) atoms. The first-order chi connectivity index (χ1) is 17.8. The first-order valence-electron chi connectivity index (χ1n) is 12.2. The predicted molar refractivity (Wildman–Crippen MR) is 139 cm³/mol. The van der Waals surface area contributed by atoms with Crippen molar-refractivity contribution in [2.24, 2.45) is 5.92 Å². The zero-order valence-electron chi connectivity index (χ0n) is 20.5. The number of hydrogen-bond acceptors (Lipinski definition) is 6. The Kier molecular flexibility index (Phi) is 7.50. The molecule has 1 fully saturated rings. The van der Waals surface area contributed by atoms with E-state index in [0.717, 1.165) is 18.4 Å². The Hall–Kier alpha value is -2.95. The molecular formula is C27H29FN2O5S2. The first-order valence-corrected chi connectivity index (χ1v) is 14.6. The Bertz CT molecular complexity index is 1340. The van der Waals surface area contributed by atoms with E-state index < -0.39 is 10.0 Å². The number of benzene rings is 2. The molecule has 2 aliphatic rings. The van der Waals surface area contributed by atoms with Crippen LogP contribution in [0.25, 0.3) is 0 Å². The summed E-state index contributed by atoms with van der Waals surface area (Å²) < 4.78 is 52.8. The van der Waals surface area contributed by atoms with Crippen molar-refractivity contribution >= 4 is 27.3 Å². The van der Waals surface area contributed by atoms with Crippen LogP contribution in [0.4, 0.5) is 4.39 Å². The molecule has 0 unspecified atom stereocenters. The molecule has 7 nitrogen and oxygen atoms in total. The number of fused-ring (bicyclic) bond motifs is 1. The summed E-state index contributed by atoms with van der Waals surface area (Å²) in [5.74, 6) is 0.725. The van der Waals surface area contributed by atoms with E-state index in [1.54, 1.807) is 40.5 Å². The summed E-state index contributed by atoms with van der Waals surface area (Å²) in [6, 6.07) is 13.6. The number of thiophene rings is 1. The van der Waals surface area contributed by atoms with Crippen molar-refractivity contribution < 1.29 is 27.1 Å². The van der Waals surface area contributed by atoms with E-state index >= 15 is 0 Å². The quantitative estimate of drug-likeness (QED) is 0.376. The van der Waals surface area contributed by atoms with Gasteiger partial charge in [0.05, 0.1) is 24.6 Å². The van der Waals surface area contributed by atoms with E-state index in [2.05, 4.69) is 0 Å². The van der Waals surface area contributed by atoms with Crippen molar-refractivity contribution in [2.75, 3.05) is 33.4 Å². The van der Waals surface area contributed by atoms with E-state index in [1.165, 1.54) is 40.6 Å². The maximum absolute atomic E-state index is 13.7. The number of rotatable bonds is 10. The van der Waals surface area contributed by atoms with Crippen LogP contribution in [0.1, 0.15) is 29.3 Å². The van der Waals surface area contributed by atoms with Crippen molar-refractivity contribution in [3.8, 4) is 11.5 Å². The number of ether oxygens (including phenoxy) is 2. The highest BCUT2D eigenvalue weighted by Crippen LogP contribution is 2.35. The second-order valence-corrected chi connectivity index (χ2v) is 12.3. The third-order valence-electron chi connectivity index (χ3n) is 6.80. The number of hydrogen-bond donors (Lipinski definition) is 0. The maximum atomic E-state index is 13.7. The van der Waals surface area contributed by atoms with E-state index in [-0.39, 0.29) is 41.7 Å². The van der Waals surface area contributed by atoms with Gasteiger partial charge in [0, 0.05) is 18.0 Å². The Morgan fingerprint density at radius 1 is 1.08 bits per heavy atom. The van der Waals surface area contributed by atoms with Gasteiger partial charge in [0.1, 0.15) is 23.9 Å². The normalized spacial score (nSPS) is 17.5. The van der Waals surface area contributed by atoms with E-state index in [1.807, 2.05) is 11.4 Å². The molecule has 1 aromatic heterocycles. The maximum Gasteiger partial charge on any atom is 0.243 e. The second kappa shape index (κ2) is 10.8. The highest BCUT2D eigenvalue weighted by Gasteiger charge is 2.37. The molecule has 1 amide bonds. The van der Waals surface area contributed by atoms with Gasteiger partial charge in [-0.05, 0) is 90.7 Å². The van der Waals surface area contributed by atoms with Crippen LogP contribution in [-0.4, -0.2) is 56.9 Å². The summed E-state index contributed by atoms with van der Waals surface area (Å²) in [4.78, 5) is 16.7. The lowest BCUT2D eigenvalue weighted by atomic mass is 10.0. The fraction of sp³-hybridized carbons (Fsp3) is 0.370. The van der Waals surface area contributed by atoms with Gasteiger partial charge < -0.3 is 14.4 Å². The number of sulfonamides is 1. The molecule has 0 N–H and O–H groups in total. The lowest BCUT2D eigenvalue weighted by Gasteiger charge is -2.37. The van der Waals surface area contributed by atoms with Crippen molar-refractivity contribution in [1.82, 2.24) is 9.21 Å². The summed E-state index contributed by atoms with van der Waals surface area (Å²) in [7, 11) is -2.35. The van der Waals surface area contributed by atoms with Gasteiger partial charge in [-0.25, -0.2) is 12.8 Å². The molecule has 2 aromatic carbocycles. The Balaban J connectivity index is 1.36. The van der Waals surface area contributed by atoms with Gasteiger partial charge in [-0.1, -0.05) is 0 Å². The van der Waals surface area contributed by atoms with Gasteiger partial charge in [0.25, 0.3) is 0 Å². The largest absolute Gasteiger partial charge is 0.497 e. The minimum atomic E-state index is -3.88. The minimum Gasteiger partial charge on any atom is -0.497 e. The summed E-state index contributed by atoms with van der Waals surface area (Å²) in [6.45, 7) is 0.740. The number of halogens is 1. The molecule has 10 heteroatoms. The second-order valence-electron chi connectivity index (χ2n) is 9.33. The summed E-state index contributed by atoms with van der Waals surface area (Å²) >= 11 is 1.64. The minimum absolute atomic E-state index is 0.136. The lowest BCUT2D eigenvalue weighted by molar-refractivity contribution is -0.135. The SMILES string of the molecule is COc1ccc(S(=O)(=O)N(CC(=O)N2CCc3sccc3[C@@H]2COc2ccc(F)cc2)CC2CC2)cc1. The fourth-order valence-corrected chi connectivity index (χ4v) is 6.95. The van der Waals surface area contributed by atoms with Gasteiger partial charge in [-0.3, -0.25) is 4.79 Å². The molecule has 196 valence electrons. The van der Waals surface area contributed by atoms with Crippen LogP contribution in [0.15, 0.2) is 64.9 Å². The zero-order valence-corrected chi connectivity index (χ0v) is 22.1. The number of carbonyl (C=O) groups is 1. The van der Waals surface area contributed by atoms with Crippen LogP contribution >= 0.6 is 11.3 Å². The fourth-order valence-electron chi connectivity index (χ4n) is 4.56. The van der Waals surface area contributed by atoms with Gasteiger partial charge in [0.2, 0.25) is 15.9 Å². The van der Waals surface area contributed by atoms with Crippen LogP contribution in [0.2, 0.25) is 0 Å². The van der Waals surface area contributed by atoms with Gasteiger partial charge in [0.15, 0.2) is 0 Å². The first kappa shape index (κ1) is 25.7. The van der Waals surface area contributed by atoms with Gasteiger partial charge in [-0.15, -0.1) is 11.3 Å². The number of amides is 1. The molecular weight excluding hydrogens is 515 g/mol. The summed E-state index contributed by atoms with van der Waals surface area (Å²) in [5, 5.41) is 2.00. The smallest absolute Gasteiger partial charge is 0.243 e. The number of carbonyl (C=O) groups excluding carboxylic acids is 1. The zero-order chi connectivity index (χ0) is 26.0. The van der Waals surface area contributed by atoms with Crippen LogP contribution in [0.5, 0.6) is 11.5 Å². The van der Waals surface area contributed by atoms with Gasteiger partial charge >= 0.3 is 0 Å². The summed E-state index contributed by atoms with van der Waals surface area (Å²) in [5.41, 5.74) is 1.01. The molecule has 0 spiro atoms.